The van der Waals surface area contributed by atoms with Gasteiger partial charge < -0.3 is 36.1 Å². The van der Waals surface area contributed by atoms with Crippen molar-refractivity contribution in [1.82, 2.24) is 20.1 Å². The molecule has 0 unspecified atom stereocenters. The molecule has 216 valence electrons. The van der Waals surface area contributed by atoms with Gasteiger partial charge in [0.1, 0.15) is 11.8 Å². The van der Waals surface area contributed by atoms with Crippen LogP contribution in [0.1, 0.15) is 24.0 Å². The maximum atomic E-state index is 14.2. The first kappa shape index (κ1) is 27.1. The van der Waals surface area contributed by atoms with E-state index in [1.54, 1.807) is 12.1 Å². The number of carbonyl (C=O) groups is 2. The monoisotopic (exact) mass is 559 g/mol. The highest BCUT2D eigenvalue weighted by Crippen LogP contribution is 2.32. The van der Waals surface area contributed by atoms with Crippen LogP contribution in [0.3, 0.4) is 0 Å². The van der Waals surface area contributed by atoms with Crippen LogP contribution in [0.5, 0.6) is 5.75 Å². The Labute approximate surface area is 238 Å². The molecule has 7 N–H and O–H groups in total. The third-order valence-corrected chi connectivity index (χ3v) is 8.56. The maximum absolute atomic E-state index is 14.2. The van der Waals surface area contributed by atoms with E-state index in [9.17, 15) is 14.7 Å². The van der Waals surface area contributed by atoms with Gasteiger partial charge in [0.15, 0.2) is 5.96 Å². The summed E-state index contributed by atoms with van der Waals surface area (Å²) in [4.78, 5) is 39.4. The van der Waals surface area contributed by atoms with Gasteiger partial charge in [0.05, 0.1) is 37.4 Å². The molecule has 6 rings (SSSR count). The number of nitrogens with one attached hydrogen (secondary N) is 2. The van der Waals surface area contributed by atoms with Gasteiger partial charge in [0, 0.05) is 30.2 Å². The fourth-order valence-corrected chi connectivity index (χ4v) is 6.58. The smallest absolute Gasteiger partial charge is 0.245 e. The number of guanidine groups is 1. The van der Waals surface area contributed by atoms with E-state index in [0.29, 0.717) is 52.0 Å². The quantitative estimate of drug-likeness (QED) is 0.155. The number of para-hydroxylation sites is 1. The molecule has 11 nitrogen and oxygen atoms in total. The molecule has 0 aliphatic carbocycles. The lowest BCUT2D eigenvalue weighted by atomic mass is 9.88. The van der Waals surface area contributed by atoms with Crippen LogP contribution < -0.4 is 16.8 Å². The van der Waals surface area contributed by atoms with E-state index in [-0.39, 0.29) is 41.6 Å². The van der Waals surface area contributed by atoms with Crippen molar-refractivity contribution in [3.63, 3.8) is 0 Å². The number of phenolic OH excluding ortho intramolecular Hbond substituents is 1. The molecular formula is C30H37N7O4. The second kappa shape index (κ2) is 11.4. The molecule has 41 heavy (non-hydrogen) atoms. The van der Waals surface area contributed by atoms with Crippen molar-refractivity contribution in [2.24, 2.45) is 16.5 Å². The van der Waals surface area contributed by atoms with Crippen molar-refractivity contribution in [3.8, 4) is 5.75 Å². The van der Waals surface area contributed by atoms with Gasteiger partial charge in [-0.25, -0.2) is 0 Å². The number of aliphatic imine (C=N–C) groups is 1. The van der Waals surface area contributed by atoms with Crippen molar-refractivity contribution in [2.75, 3.05) is 26.3 Å². The minimum Gasteiger partial charge on any atom is -0.508 e. The van der Waals surface area contributed by atoms with E-state index in [2.05, 4.69) is 21.4 Å². The second-order valence-corrected chi connectivity index (χ2v) is 11.2. The molecule has 2 bridgehead atoms. The van der Waals surface area contributed by atoms with Crippen LogP contribution >= 0.6 is 0 Å². The molecule has 3 saturated heterocycles. The van der Waals surface area contributed by atoms with Gasteiger partial charge >= 0.3 is 0 Å². The Hall–Kier alpha value is -4.09. The predicted molar refractivity (Wildman–Crippen MR) is 155 cm³/mol. The van der Waals surface area contributed by atoms with Gasteiger partial charge in [-0.15, -0.1) is 0 Å². The predicted octanol–water partition coefficient (Wildman–Crippen LogP) is 0.860. The molecule has 3 fully saturated rings. The molecule has 0 spiro atoms. The highest BCUT2D eigenvalue weighted by molar-refractivity contribution is 5.93. The van der Waals surface area contributed by atoms with Gasteiger partial charge in [0.2, 0.25) is 11.8 Å². The Morgan fingerprint density at radius 1 is 1.05 bits per heavy atom. The van der Waals surface area contributed by atoms with Crippen LogP contribution in [0.4, 0.5) is 0 Å². The van der Waals surface area contributed by atoms with Gasteiger partial charge in [-0.3, -0.25) is 19.9 Å². The van der Waals surface area contributed by atoms with Crippen molar-refractivity contribution in [3.05, 3.63) is 65.9 Å². The Balaban J connectivity index is 1.28. The maximum Gasteiger partial charge on any atom is 0.245 e. The van der Waals surface area contributed by atoms with Crippen LogP contribution in [0.2, 0.25) is 0 Å². The average Bonchev–Trinajstić information content (AvgIpc) is 3.36. The zero-order valence-electron chi connectivity index (χ0n) is 22.9. The van der Waals surface area contributed by atoms with E-state index < -0.39 is 12.1 Å². The second-order valence-electron chi connectivity index (χ2n) is 11.2. The number of fused-ring (bicyclic) bond motifs is 2. The first-order chi connectivity index (χ1) is 19.9. The third kappa shape index (κ3) is 5.47. The Bertz CT molecular complexity index is 1430. The number of piperazine rings is 2. The van der Waals surface area contributed by atoms with Crippen molar-refractivity contribution in [1.29, 1.82) is 0 Å². The van der Waals surface area contributed by atoms with Gasteiger partial charge in [-0.1, -0.05) is 30.3 Å². The first-order valence-electron chi connectivity index (χ1n) is 14.2. The van der Waals surface area contributed by atoms with Crippen LogP contribution in [0.15, 0.2) is 59.7 Å². The normalized spacial score (nSPS) is 26.1. The van der Waals surface area contributed by atoms with Gasteiger partial charge in [-0.2, -0.15) is 0 Å². The number of aromatic hydroxyl groups is 1. The summed E-state index contributed by atoms with van der Waals surface area (Å²) in [6, 6.07) is 13.5. The molecule has 0 saturated carbocycles. The Kier molecular flexibility index (Phi) is 7.55. The van der Waals surface area contributed by atoms with Gasteiger partial charge in [0.25, 0.3) is 0 Å². The van der Waals surface area contributed by atoms with Crippen LogP contribution in [0, 0.1) is 0 Å². The van der Waals surface area contributed by atoms with E-state index in [1.807, 2.05) is 46.3 Å². The first-order valence-corrected chi connectivity index (χ1v) is 14.2. The molecule has 3 aromatic rings. The van der Waals surface area contributed by atoms with Crippen molar-refractivity contribution in [2.45, 2.75) is 55.9 Å². The Morgan fingerprint density at radius 3 is 2.66 bits per heavy atom. The molecule has 3 aliphatic heterocycles. The molecule has 3 aliphatic rings. The minimum absolute atomic E-state index is 0.0112. The number of amides is 2. The van der Waals surface area contributed by atoms with Crippen molar-refractivity contribution >= 4 is 28.7 Å². The number of aromatic amines is 1. The van der Waals surface area contributed by atoms with Crippen LogP contribution in [-0.4, -0.2) is 94.2 Å². The van der Waals surface area contributed by atoms with Crippen LogP contribution in [-0.2, 0) is 27.2 Å². The Morgan fingerprint density at radius 2 is 1.85 bits per heavy atom. The SMILES string of the molecule is NC(N)=NCCC[C@H]1C(=O)N2C[C@H]3[C@@H](COC[C@@H]2Cc2ccc(O)cc2)N[C@@H](Cc2c[nH]c4ccccc24)C(=O)N13. The van der Waals surface area contributed by atoms with Gasteiger partial charge in [-0.05, 0) is 55.0 Å². The lowest BCUT2D eigenvalue weighted by Crippen LogP contribution is -2.77. The molecule has 2 amide bonds. The molecule has 11 heteroatoms. The molecule has 1 aromatic heterocycles. The van der Waals surface area contributed by atoms with E-state index in [0.717, 1.165) is 22.0 Å². The third-order valence-electron chi connectivity index (χ3n) is 8.56. The summed E-state index contributed by atoms with van der Waals surface area (Å²) in [6.45, 7) is 1.66. The summed E-state index contributed by atoms with van der Waals surface area (Å²) in [5, 5.41) is 14.4. The number of rotatable bonds is 8. The summed E-state index contributed by atoms with van der Waals surface area (Å²) in [5.74, 6) is 0.0780. The van der Waals surface area contributed by atoms with E-state index >= 15 is 0 Å². The number of nitrogens with two attached hydrogens (primary N) is 2. The topological polar surface area (TPSA) is 162 Å². The molecule has 4 heterocycles. The molecule has 0 radical (unpaired) electrons. The number of aromatic nitrogens is 1. The highest BCUT2D eigenvalue weighted by Gasteiger charge is 2.52. The van der Waals surface area contributed by atoms with Crippen molar-refractivity contribution < 1.29 is 19.4 Å². The summed E-state index contributed by atoms with van der Waals surface area (Å²) in [6.07, 6.45) is 4.10. The number of ether oxygens (including phenoxy) is 1. The minimum atomic E-state index is -0.606. The van der Waals surface area contributed by atoms with E-state index in [1.165, 1.54) is 0 Å². The number of hydrogen-bond donors (Lipinski definition) is 5. The van der Waals surface area contributed by atoms with Crippen LogP contribution in [0.25, 0.3) is 10.9 Å². The lowest BCUT2D eigenvalue weighted by molar-refractivity contribution is -0.171. The zero-order valence-corrected chi connectivity index (χ0v) is 22.9. The number of phenols is 1. The molecular weight excluding hydrogens is 522 g/mol. The summed E-state index contributed by atoms with van der Waals surface area (Å²) in [5.41, 5.74) is 14.1. The average molecular weight is 560 g/mol. The van der Waals surface area contributed by atoms with E-state index in [4.69, 9.17) is 16.2 Å². The fourth-order valence-electron chi connectivity index (χ4n) is 6.58. The number of benzene rings is 2. The zero-order chi connectivity index (χ0) is 28.5. The molecule has 5 atom stereocenters. The summed E-state index contributed by atoms with van der Waals surface area (Å²) in [7, 11) is 0. The lowest BCUT2D eigenvalue weighted by Gasteiger charge is -2.55. The summed E-state index contributed by atoms with van der Waals surface area (Å²) < 4.78 is 6.21. The largest absolute Gasteiger partial charge is 0.508 e. The fraction of sp³-hybridized carbons (Fsp3) is 0.433. The number of hydrogen-bond acceptors (Lipinski definition) is 6. The molecule has 2 aromatic carbocycles. The number of H-pyrrole nitrogens is 1. The summed E-state index contributed by atoms with van der Waals surface area (Å²) >= 11 is 0. The number of carbonyl (C=O) groups excluding carboxylic acids is 2. The number of nitrogens with zero attached hydrogens (tertiary/aromatic N) is 3. The standard InChI is InChI=1S/C30H37N7O4/c31-30(32)33-11-3-6-26-29(40)36-15-27-25(17-41-16-20(36)12-18-7-9-21(38)10-8-18)35-24(28(39)37(26)27)13-19-14-34-23-5-2-1-4-22(19)23/h1-2,4-5,7-10,14,20,24-27,34-35,38H,3,6,11-13,15-17H2,(H4,31,32,33)/t20-,24-,25+,26-,27-/m0/s1. The highest BCUT2D eigenvalue weighted by atomic mass is 16.5.